The molecule has 0 aliphatic carbocycles. The molecule has 5 rings (SSSR count). The number of halogens is 2. The molecule has 4 aromatic carbocycles. The van der Waals surface area contributed by atoms with Gasteiger partial charge < -0.3 is 5.32 Å². The molecular weight excluding hydrogens is 497 g/mol. The van der Waals surface area contributed by atoms with E-state index in [4.69, 9.17) is 28.2 Å². The molecule has 0 aliphatic heterocycles. The van der Waals surface area contributed by atoms with E-state index in [0.717, 1.165) is 22.1 Å². The Morgan fingerprint density at radius 3 is 2.31 bits per heavy atom. The van der Waals surface area contributed by atoms with Crippen LogP contribution in [0.3, 0.4) is 0 Å². The molecule has 176 valence electrons. The Labute approximate surface area is 216 Å². The zero-order valence-electron chi connectivity index (χ0n) is 18.6. The average molecular weight is 514 g/mol. The number of anilines is 1. The van der Waals surface area contributed by atoms with Gasteiger partial charge in [0.2, 0.25) is 0 Å². The van der Waals surface area contributed by atoms with E-state index in [2.05, 4.69) is 5.32 Å². The summed E-state index contributed by atoms with van der Waals surface area (Å²) in [5.41, 5.74) is 4.79. The highest BCUT2D eigenvalue weighted by Gasteiger charge is 2.15. The van der Waals surface area contributed by atoms with Gasteiger partial charge in [0.25, 0.3) is 11.6 Å². The van der Waals surface area contributed by atoms with Gasteiger partial charge in [0.05, 0.1) is 31.9 Å². The van der Waals surface area contributed by atoms with E-state index in [1.165, 1.54) is 12.1 Å². The maximum atomic E-state index is 13.1. The van der Waals surface area contributed by atoms with Crippen LogP contribution in [0.1, 0.15) is 10.4 Å². The van der Waals surface area contributed by atoms with Crippen LogP contribution in [0.25, 0.3) is 33.3 Å². The van der Waals surface area contributed by atoms with Crippen molar-refractivity contribution >= 4 is 51.4 Å². The maximum Gasteiger partial charge on any atom is 0.269 e. The molecule has 1 N–H and O–H groups in total. The summed E-state index contributed by atoms with van der Waals surface area (Å²) in [5.74, 6) is -0.334. The number of benzene rings is 4. The summed E-state index contributed by atoms with van der Waals surface area (Å²) in [5, 5.41) is 15.3. The Hall–Kier alpha value is -4.26. The number of carbonyl (C=O) groups excluding carboxylic acids is 1. The minimum Gasteiger partial charge on any atom is -0.321 e. The molecule has 0 aliphatic rings. The van der Waals surface area contributed by atoms with Gasteiger partial charge in [-0.2, -0.15) is 0 Å². The quantitative estimate of drug-likeness (QED) is 0.190. The lowest BCUT2D eigenvalue weighted by atomic mass is 9.97. The Morgan fingerprint density at radius 2 is 1.58 bits per heavy atom. The largest absolute Gasteiger partial charge is 0.321 e. The highest BCUT2D eigenvalue weighted by atomic mass is 35.5. The molecule has 0 saturated heterocycles. The number of nitro groups is 1. The fourth-order valence-corrected chi connectivity index (χ4v) is 4.27. The zero-order chi connectivity index (χ0) is 25.2. The maximum absolute atomic E-state index is 13.1. The lowest BCUT2D eigenvalue weighted by Crippen LogP contribution is -2.12. The number of hydrogen-bond acceptors (Lipinski definition) is 4. The van der Waals surface area contributed by atoms with Crippen LogP contribution >= 0.6 is 23.2 Å². The highest BCUT2D eigenvalue weighted by Crippen LogP contribution is 2.34. The molecule has 0 spiro atoms. The van der Waals surface area contributed by atoms with Gasteiger partial charge in [0.15, 0.2) is 0 Å². The Kier molecular flexibility index (Phi) is 6.38. The standard InChI is InChI=1S/C28H17Cl2N3O3/c29-23-7-4-8-25(27(23)30)32-28(34)19-11-14-24-22(15-19)21(17-5-2-1-3-6-17)16-26(31-24)18-9-12-20(13-10-18)33(35)36/h1-16H,(H,32,34). The zero-order valence-corrected chi connectivity index (χ0v) is 20.1. The molecular formula is C28H17Cl2N3O3. The molecule has 0 saturated carbocycles. The fourth-order valence-electron chi connectivity index (χ4n) is 3.92. The number of carbonyl (C=O) groups is 1. The third kappa shape index (κ3) is 4.64. The minimum atomic E-state index is -0.434. The predicted molar refractivity (Wildman–Crippen MR) is 144 cm³/mol. The molecule has 1 amide bonds. The van der Waals surface area contributed by atoms with Gasteiger partial charge in [-0.05, 0) is 59.7 Å². The molecule has 6 nitrogen and oxygen atoms in total. The molecule has 5 aromatic rings. The van der Waals surface area contributed by atoms with Crippen molar-refractivity contribution in [3.8, 4) is 22.4 Å². The number of non-ortho nitro benzene ring substituents is 1. The first kappa shape index (κ1) is 23.5. The van der Waals surface area contributed by atoms with E-state index >= 15 is 0 Å². The summed E-state index contributed by atoms with van der Waals surface area (Å²) in [6, 6.07) is 28.3. The number of nitro benzene ring substituents is 1. The van der Waals surface area contributed by atoms with Crippen LogP contribution in [-0.2, 0) is 0 Å². The lowest BCUT2D eigenvalue weighted by Gasteiger charge is -2.13. The molecule has 36 heavy (non-hydrogen) atoms. The van der Waals surface area contributed by atoms with Gasteiger partial charge in [0, 0.05) is 28.6 Å². The van der Waals surface area contributed by atoms with Crippen molar-refractivity contribution in [2.75, 3.05) is 5.32 Å². The van der Waals surface area contributed by atoms with E-state index in [9.17, 15) is 14.9 Å². The topological polar surface area (TPSA) is 85.1 Å². The fraction of sp³-hybridized carbons (Fsp3) is 0. The number of nitrogens with zero attached hydrogens (tertiary/aromatic N) is 2. The number of pyridine rings is 1. The first-order valence-corrected chi connectivity index (χ1v) is 11.7. The van der Waals surface area contributed by atoms with Gasteiger partial charge in [-0.1, -0.05) is 59.6 Å². The molecule has 0 bridgehead atoms. The summed E-state index contributed by atoms with van der Waals surface area (Å²) >= 11 is 12.3. The minimum absolute atomic E-state index is 0.0123. The normalized spacial score (nSPS) is 10.8. The molecule has 1 heterocycles. The Morgan fingerprint density at radius 1 is 0.833 bits per heavy atom. The van der Waals surface area contributed by atoms with E-state index in [0.29, 0.717) is 27.5 Å². The van der Waals surface area contributed by atoms with Gasteiger partial charge in [-0.15, -0.1) is 0 Å². The molecule has 1 aromatic heterocycles. The second-order valence-corrected chi connectivity index (χ2v) is 8.80. The third-order valence-electron chi connectivity index (χ3n) is 5.73. The number of amides is 1. The van der Waals surface area contributed by atoms with Crippen LogP contribution in [0.2, 0.25) is 10.0 Å². The van der Waals surface area contributed by atoms with Crippen LogP contribution in [-0.4, -0.2) is 15.8 Å². The number of nitrogens with one attached hydrogen (secondary N) is 1. The molecule has 8 heteroatoms. The SMILES string of the molecule is O=C(Nc1cccc(Cl)c1Cl)c1ccc2nc(-c3ccc([N+](=O)[O-])cc3)cc(-c3ccccc3)c2c1. The monoisotopic (exact) mass is 513 g/mol. The van der Waals surface area contributed by atoms with Crippen LogP contribution in [0.15, 0.2) is 97.1 Å². The Bertz CT molecular complexity index is 1620. The van der Waals surface area contributed by atoms with E-state index < -0.39 is 4.92 Å². The first-order chi connectivity index (χ1) is 17.4. The van der Waals surface area contributed by atoms with Crippen molar-refractivity contribution in [3.63, 3.8) is 0 Å². The van der Waals surface area contributed by atoms with Crippen LogP contribution in [0.4, 0.5) is 11.4 Å². The molecule has 0 atom stereocenters. The average Bonchev–Trinajstić information content (AvgIpc) is 2.91. The van der Waals surface area contributed by atoms with Crippen LogP contribution in [0.5, 0.6) is 0 Å². The first-order valence-electron chi connectivity index (χ1n) is 10.9. The van der Waals surface area contributed by atoms with Crippen molar-refractivity contribution in [1.82, 2.24) is 4.98 Å². The summed E-state index contributed by atoms with van der Waals surface area (Å²) in [4.78, 5) is 28.4. The third-order valence-corrected chi connectivity index (χ3v) is 6.55. The van der Waals surface area contributed by atoms with E-state index in [1.54, 1.807) is 48.5 Å². The summed E-state index contributed by atoms with van der Waals surface area (Å²) in [7, 11) is 0. The Balaban J connectivity index is 1.60. The van der Waals surface area contributed by atoms with Crippen molar-refractivity contribution in [1.29, 1.82) is 0 Å². The molecule has 0 radical (unpaired) electrons. The van der Waals surface area contributed by atoms with Crippen molar-refractivity contribution in [2.45, 2.75) is 0 Å². The van der Waals surface area contributed by atoms with E-state index in [1.807, 2.05) is 36.4 Å². The predicted octanol–water partition coefficient (Wildman–Crippen LogP) is 8.04. The smallest absolute Gasteiger partial charge is 0.269 e. The summed E-state index contributed by atoms with van der Waals surface area (Å²) in [6.07, 6.45) is 0. The van der Waals surface area contributed by atoms with Crippen molar-refractivity contribution < 1.29 is 9.72 Å². The lowest BCUT2D eigenvalue weighted by molar-refractivity contribution is -0.384. The van der Waals surface area contributed by atoms with Crippen LogP contribution in [0, 0.1) is 10.1 Å². The van der Waals surface area contributed by atoms with Gasteiger partial charge >= 0.3 is 0 Å². The van der Waals surface area contributed by atoms with Gasteiger partial charge in [-0.3, -0.25) is 14.9 Å². The summed E-state index contributed by atoms with van der Waals surface area (Å²) < 4.78 is 0. The second-order valence-electron chi connectivity index (χ2n) is 8.01. The van der Waals surface area contributed by atoms with Crippen LogP contribution < -0.4 is 5.32 Å². The van der Waals surface area contributed by atoms with Crippen molar-refractivity contribution in [3.05, 3.63) is 123 Å². The van der Waals surface area contributed by atoms with Gasteiger partial charge in [0.1, 0.15) is 0 Å². The van der Waals surface area contributed by atoms with Gasteiger partial charge in [-0.25, -0.2) is 4.98 Å². The second kappa shape index (κ2) is 9.77. The number of hydrogen-bond donors (Lipinski definition) is 1. The molecule has 0 fully saturated rings. The number of aromatic nitrogens is 1. The van der Waals surface area contributed by atoms with E-state index in [-0.39, 0.29) is 16.6 Å². The summed E-state index contributed by atoms with van der Waals surface area (Å²) in [6.45, 7) is 0. The number of fused-ring (bicyclic) bond motifs is 1. The molecule has 0 unspecified atom stereocenters. The highest BCUT2D eigenvalue weighted by molar-refractivity contribution is 6.44. The number of rotatable bonds is 5. The van der Waals surface area contributed by atoms with Crippen molar-refractivity contribution in [2.24, 2.45) is 0 Å².